The van der Waals surface area contributed by atoms with Gasteiger partial charge in [0.05, 0.1) is 5.69 Å². The van der Waals surface area contributed by atoms with Crippen LogP contribution >= 0.6 is 0 Å². The molecule has 3 N–H and O–H groups in total. The van der Waals surface area contributed by atoms with E-state index in [0.29, 0.717) is 22.7 Å². The van der Waals surface area contributed by atoms with Crippen molar-refractivity contribution in [1.82, 2.24) is 19.7 Å². The van der Waals surface area contributed by atoms with Crippen LogP contribution < -0.4 is 5.32 Å². The van der Waals surface area contributed by atoms with Gasteiger partial charge in [-0.1, -0.05) is 6.08 Å². The quantitative estimate of drug-likeness (QED) is 0.724. The molecule has 0 aliphatic carbocycles. The second-order valence-corrected chi connectivity index (χ2v) is 4.04. The molecule has 0 atom stereocenters. The van der Waals surface area contributed by atoms with E-state index in [-0.39, 0.29) is 0 Å². The van der Waals surface area contributed by atoms with Crippen LogP contribution in [0.4, 0.5) is 0 Å². The zero-order valence-electron chi connectivity index (χ0n) is 11.4. The molecule has 0 saturated heterocycles. The summed E-state index contributed by atoms with van der Waals surface area (Å²) in [5.41, 5.74) is 2.72. The predicted octanol–water partition coefficient (Wildman–Crippen LogP) is 1.99. The van der Waals surface area contributed by atoms with E-state index in [4.69, 9.17) is 10.8 Å². The van der Waals surface area contributed by atoms with E-state index >= 15 is 0 Å². The summed E-state index contributed by atoms with van der Waals surface area (Å²) in [6.45, 7) is 1.86. The van der Waals surface area contributed by atoms with E-state index < -0.39 is 0 Å². The Labute approximate surface area is 116 Å². The van der Waals surface area contributed by atoms with Crippen molar-refractivity contribution in [3.05, 3.63) is 42.3 Å². The normalized spacial score (nSPS) is 12.5. The largest absolute Gasteiger partial charge is 0.393 e. The number of hydrogen-bond donors (Lipinski definition) is 3. The van der Waals surface area contributed by atoms with Gasteiger partial charge in [-0.25, -0.2) is 9.97 Å². The van der Waals surface area contributed by atoms with E-state index in [2.05, 4.69) is 15.3 Å². The van der Waals surface area contributed by atoms with Gasteiger partial charge >= 0.3 is 0 Å². The molecule has 0 bridgehead atoms. The number of imidazole rings is 1. The standard InChI is InChI=1S/C14H16N6/c1-3-10(7-15)14-19-12(11(8-16)9-17-2)6-13-18-4-5-20(13)14/h3-9,15-17H,1-2H3/b10-3+,11-9+,15-7?,16-8?. The average Bonchev–Trinajstić information content (AvgIpc) is 2.94. The first-order valence-corrected chi connectivity index (χ1v) is 6.14. The van der Waals surface area contributed by atoms with E-state index in [9.17, 15) is 0 Å². The third kappa shape index (κ3) is 2.35. The predicted molar refractivity (Wildman–Crippen MR) is 81.2 cm³/mol. The van der Waals surface area contributed by atoms with E-state index in [1.807, 2.05) is 23.5 Å². The molecule has 0 aliphatic heterocycles. The lowest BCUT2D eigenvalue weighted by Crippen LogP contribution is -2.06. The van der Waals surface area contributed by atoms with Gasteiger partial charge in [0.1, 0.15) is 11.5 Å². The summed E-state index contributed by atoms with van der Waals surface area (Å²) in [6.07, 6.45) is 9.52. The molecule has 0 saturated carbocycles. The molecule has 2 aromatic rings. The van der Waals surface area contributed by atoms with E-state index in [0.717, 1.165) is 5.65 Å². The van der Waals surface area contributed by atoms with Crippen LogP contribution in [0.2, 0.25) is 0 Å². The zero-order valence-corrected chi connectivity index (χ0v) is 11.4. The smallest absolute Gasteiger partial charge is 0.147 e. The van der Waals surface area contributed by atoms with E-state index in [1.54, 1.807) is 25.6 Å². The Hall–Kier alpha value is -2.76. The van der Waals surface area contributed by atoms with Gasteiger partial charge in [0.15, 0.2) is 0 Å². The number of rotatable bonds is 5. The van der Waals surface area contributed by atoms with Crippen LogP contribution in [0.15, 0.2) is 30.7 Å². The Morgan fingerprint density at radius 1 is 1.30 bits per heavy atom. The van der Waals surface area contributed by atoms with Gasteiger partial charge < -0.3 is 16.1 Å². The molecule has 6 heteroatoms. The average molecular weight is 268 g/mol. The number of hydrogen-bond acceptors (Lipinski definition) is 5. The molecule has 0 aliphatic rings. The van der Waals surface area contributed by atoms with Crippen molar-refractivity contribution in [1.29, 1.82) is 10.8 Å². The summed E-state index contributed by atoms with van der Waals surface area (Å²) in [5, 5.41) is 17.9. The fourth-order valence-corrected chi connectivity index (χ4v) is 1.90. The summed E-state index contributed by atoms with van der Waals surface area (Å²) >= 11 is 0. The molecular weight excluding hydrogens is 252 g/mol. The number of nitrogens with one attached hydrogen (secondary N) is 3. The molecular formula is C14H16N6. The topological polar surface area (TPSA) is 89.9 Å². The molecule has 0 amide bonds. The summed E-state index contributed by atoms with van der Waals surface area (Å²) in [5.74, 6) is 0.636. The van der Waals surface area contributed by atoms with Crippen LogP contribution in [0.25, 0.3) is 16.8 Å². The molecule has 0 aromatic carbocycles. The molecule has 2 rings (SSSR count). The highest BCUT2D eigenvalue weighted by Gasteiger charge is 2.11. The maximum absolute atomic E-state index is 7.49. The maximum Gasteiger partial charge on any atom is 0.147 e. The van der Waals surface area contributed by atoms with Crippen molar-refractivity contribution in [2.24, 2.45) is 0 Å². The van der Waals surface area contributed by atoms with Crippen LogP contribution in [0.5, 0.6) is 0 Å². The Bertz CT molecular complexity index is 708. The monoisotopic (exact) mass is 268 g/mol. The van der Waals surface area contributed by atoms with Crippen LogP contribution in [-0.2, 0) is 0 Å². The summed E-state index contributed by atoms with van der Waals surface area (Å²) < 4.78 is 1.82. The third-order valence-electron chi connectivity index (χ3n) is 2.87. The first-order chi connectivity index (χ1) is 9.74. The molecule has 0 fully saturated rings. The van der Waals surface area contributed by atoms with Crippen molar-refractivity contribution >= 4 is 29.2 Å². The Morgan fingerprint density at radius 3 is 2.65 bits per heavy atom. The fourth-order valence-electron chi connectivity index (χ4n) is 1.90. The van der Waals surface area contributed by atoms with Gasteiger partial charge in [0, 0.05) is 55.3 Å². The zero-order chi connectivity index (χ0) is 14.5. The Kier molecular flexibility index (Phi) is 4.05. The third-order valence-corrected chi connectivity index (χ3v) is 2.87. The van der Waals surface area contributed by atoms with Crippen LogP contribution in [0, 0.1) is 10.8 Å². The second kappa shape index (κ2) is 5.92. The van der Waals surface area contributed by atoms with Crippen molar-refractivity contribution in [3.63, 3.8) is 0 Å². The minimum atomic E-state index is 0.636. The molecule has 0 spiro atoms. The highest BCUT2D eigenvalue weighted by Crippen LogP contribution is 2.17. The van der Waals surface area contributed by atoms with Crippen LogP contribution in [-0.4, -0.2) is 33.8 Å². The molecule has 0 radical (unpaired) electrons. The molecule has 20 heavy (non-hydrogen) atoms. The first-order valence-electron chi connectivity index (χ1n) is 6.14. The fraction of sp³-hybridized carbons (Fsp3) is 0.143. The summed E-state index contributed by atoms with van der Waals surface area (Å²) in [4.78, 5) is 8.81. The van der Waals surface area contributed by atoms with Crippen LogP contribution in [0.1, 0.15) is 18.4 Å². The van der Waals surface area contributed by atoms with Gasteiger partial charge in [-0.15, -0.1) is 0 Å². The minimum Gasteiger partial charge on any atom is -0.393 e. The number of allylic oxidation sites excluding steroid dienone is 3. The number of aromatic nitrogens is 3. The van der Waals surface area contributed by atoms with Crippen molar-refractivity contribution in [2.75, 3.05) is 7.05 Å². The Balaban J connectivity index is 2.73. The molecule has 6 nitrogen and oxygen atoms in total. The highest BCUT2D eigenvalue weighted by atomic mass is 15.1. The van der Waals surface area contributed by atoms with E-state index in [1.165, 1.54) is 12.4 Å². The van der Waals surface area contributed by atoms with Gasteiger partial charge in [-0.05, 0) is 6.92 Å². The van der Waals surface area contributed by atoms with Crippen molar-refractivity contribution in [3.8, 4) is 0 Å². The minimum absolute atomic E-state index is 0.636. The second-order valence-electron chi connectivity index (χ2n) is 4.04. The van der Waals surface area contributed by atoms with Gasteiger partial charge in [0.25, 0.3) is 0 Å². The Morgan fingerprint density at radius 2 is 2.05 bits per heavy atom. The van der Waals surface area contributed by atoms with Gasteiger partial charge in [0.2, 0.25) is 0 Å². The van der Waals surface area contributed by atoms with Crippen LogP contribution in [0.3, 0.4) is 0 Å². The summed E-state index contributed by atoms with van der Waals surface area (Å²) in [6, 6.07) is 1.81. The lowest BCUT2D eigenvalue weighted by atomic mass is 10.2. The SMILES string of the molecule is C/C=C(\C=N)c1nc(/C(C=N)=C/NC)cc2nccn12. The molecule has 102 valence electrons. The molecule has 2 aromatic heterocycles. The lowest BCUT2D eigenvalue weighted by molar-refractivity contribution is 1.03. The summed E-state index contributed by atoms with van der Waals surface area (Å²) in [7, 11) is 1.77. The number of fused-ring (bicyclic) bond motifs is 1. The molecule has 0 unspecified atom stereocenters. The molecule has 2 heterocycles. The highest BCUT2D eigenvalue weighted by molar-refractivity contribution is 6.09. The van der Waals surface area contributed by atoms with Gasteiger partial charge in [-0.2, -0.15) is 0 Å². The van der Waals surface area contributed by atoms with Crippen molar-refractivity contribution in [2.45, 2.75) is 6.92 Å². The van der Waals surface area contributed by atoms with Gasteiger partial charge in [-0.3, -0.25) is 4.40 Å². The first kappa shape index (κ1) is 13.7. The van der Waals surface area contributed by atoms with Crippen molar-refractivity contribution < 1.29 is 0 Å². The number of nitrogens with zero attached hydrogens (tertiary/aromatic N) is 3. The lowest BCUT2D eigenvalue weighted by Gasteiger charge is -2.08. The maximum atomic E-state index is 7.49.